The summed E-state index contributed by atoms with van der Waals surface area (Å²) in [5, 5.41) is 1.11. The molecule has 1 aromatic heterocycles. The van der Waals surface area contributed by atoms with Gasteiger partial charge in [-0.25, -0.2) is 0 Å². The Morgan fingerprint density at radius 1 is 0.800 bits per heavy atom. The highest BCUT2D eigenvalue weighted by atomic mass is 31.2. The SMILES string of the molecule is CCCOP(OCCC)c1ccccc1Cc1c(CC)[nH]c(CC)c1C(C(N)=O)C(CCCc1ccccc1)c1ccccc1. The molecule has 0 aliphatic carbocycles. The number of carbonyl (C=O) groups is 1. The second kappa shape index (κ2) is 18.0. The summed E-state index contributed by atoms with van der Waals surface area (Å²) in [6, 6.07) is 29.6. The highest BCUT2D eigenvalue weighted by Crippen LogP contribution is 2.43. The first-order valence-electron chi connectivity index (χ1n) is 16.8. The van der Waals surface area contributed by atoms with Gasteiger partial charge < -0.3 is 19.8 Å². The van der Waals surface area contributed by atoms with Crippen LogP contribution in [0.15, 0.2) is 84.9 Å². The van der Waals surface area contributed by atoms with E-state index >= 15 is 0 Å². The van der Waals surface area contributed by atoms with Gasteiger partial charge in [0.2, 0.25) is 14.3 Å². The minimum Gasteiger partial charge on any atom is -0.369 e. The maximum Gasteiger partial charge on any atom is 0.225 e. The summed E-state index contributed by atoms with van der Waals surface area (Å²) in [6.07, 6.45) is 6.98. The molecule has 240 valence electrons. The number of aromatic amines is 1. The van der Waals surface area contributed by atoms with Gasteiger partial charge in [0, 0.05) is 23.1 Å². The van der Waals surface area contributed by atoms with Crippen LogP contribution < -0.4 is 11.0 Å². The number of amides is 1. The maximum atomic E-state index is 13.7. The smallest absolute Gasteiger partial charge is 0.225 e. The number of carbonyl (C=O) groups excluding carboxylic acids is 1. The molecule has 1 heterocycles. The Morgan fingerprint density at radius 3 is 2.00 bits per heavy atom. The molecule has 2 atom stereocenters. The Labute approximate surface area is 271 Å². The molecule has 45 heavy (non-hydrogen) atoms. The first kappa shape index (κ1) is 34.6. The van der Waals surface area contributed by atoms with Crippen LogP contribution in [0.5, 0.6) is 0 Å². The molecule has 3 aromatic carbocycles. The number of aromatic nitrogens is 1. The summed E-state index contributed by atoms with van der Waals surface area (Å²) in [4.78, 5) is 17.4. The number of hydrogen-bond donors (Lipinski definition) is 2. The topological polar surface area (TPSA) is 77.3 Å². The number of primary amides is 1. The van der Waals surface area contributed by atoms with E-state index in [-0.39, 0.29) is 11.8 Å². The molecule has 4 rings (SSSR count). The molecule has 0 aliphatic heterocycles. The molecular weight excluding hydrogens is 575 g/mol. The van der Waals surface area contributed by atoms with Gasteiger partial charge in [-0.1, -0.05) is 107 Å². The van der Waals surface area contributed by atoms with Crippen molar-refractivity contribution >= 4 is 19.6 Å². The van der Waals surface area contributed by atoms with E-state index in [1.807, 2.05) is 6.07 Å². The Hall–Kier alpha value is -3.24. The fraction of sp³-hybridized carbons (Fsp3) is 0.410. The van der Waals surface area contributed by atoms with Crippen LogP contribution in [0.1, 0.15) is 104 Å². The summed E-state index contributed by atoms with van der Waals surface area (Å²) < 4.78 is 12.6. The highest BCUT2D eigenvalue weighted by Gasteiger charge is 2.35. The lowest BCUT2D eigenvalue weighted by Crippen LogP contribution is -2.29. The summed E-state index contributed by atoms with van der Waals surface area (Å²) in [5.41, 5.74) is 14.6. The summed E-state index contributed by atoms with van der Waals surface area (Å²) in [7, 11) is -1.21. The van der Waals surface area contributed by atoms with E-state index in [4.69, 9.17) is 14.8 Å². The van der Waals surface area contributed by atoms with Crippen LogP contribution in [0, 0.1) is 0 Å². The summed E-state index contributed by atoms with van der Waals surface area (Å²) >= 11 is 0. The molecule has 0 aliphatic rings. The number of nitrogens with one attached hydrogen (secondary N) is 1. The summed E-state index contributed by atoms with van der Waals surface area (Å²) in [6.45, 7) is 9.90. The molecule has 0 bridgehead atoms. The van der Waals surface area contributed by atoms with Gasteiger partial charge in [0.05, 0.1) is 19.1 Å². The van der Waals surface area contributed by atoms with Crippen LogP contribution >= 0.6 is 8.38 Å². The number of H-pyrrole nitrogens is 1. The minimum absolute atomic E-state index is 0.0369. The van der Waals surface area contributed by atoms with Crippen molar-refractivity contribution in [1.29, 1.82) is 0 Å². The normalized spacial score (nSPS) is 12.8. The fourth-order valence-corrected chi connectivity index (χ4v) is 7.97. The number of hydrogen-bond acceptors (Lipinski definition) is 3. The lowest BCUT2D eigenvalue weighted by atomic mass is 9.75. The molecule has 0 saturated heterocycles. The average Bonchev–Trinajstić information content (AvgIpc) is 3.42. The van der Waals surface area contributed by atoms with Crippen molar-refractivity contribution in [1.82, 2.24) is 4.98 Å². The van der Waals surface area contributed by atoms with Crippen LogP contribution in [0.3, 0.4) is 0 Å². The predicted molar refractivity (Wildman–Crippen MR) is 188 cm³/mol. The fourth-order valence-electron chi connectivity index (χ4n) is 6.32. The van der Waals surface area contributed by atoms with E-state index in [2.05, 4.69) is 112 Å². The highest BCUT2D eigenvalue weighted by molar-refractivity contribution is 7.56. The lowest BCUT2D eigenvalue weighted by Gasteiger charge is -2.28. The molecule has 6 heteroatoms. The van der Waals surface area contributed by atoms with Crippen molar-refractivity contribution in [2.75, 3.05) is 13.2 Å². The van der Waals surface area contributed by atoms with E-state index in [1.165, 1.54) is 22.4 Å². The van der Waals surface area contributed by atoms with Gasteiger partial charge >= 0.3 is 0 Å². The van der Waals surface area contributed by atoms with E-state index in [0.29, 0.717) is 19.6 Å². The number of aryl methyl sites for hydroxylation is 3. The Balaban J connectivity index is 1.78. The quantitative estimate of drug-likeness (QED) is 0.102. The monoisotopic (exact) mass is 626 g/mol. The van der Waals surface area contributed by atoms with E-state index < -0.39 is 14.3 Å². The molecule has 0 radical (unpaired) electrons. The lowest BCUT2D eigenvalue weighted by molar-refractivity contribution is -0.120. The van der Waals surface area contributed by atoms with Gasteiger partial charge in [0.25, 0.3) is 0 Å². The van der Waals surface area contributed by atoms with Gasteiger partial charge in [-0.15, -0.1) is 0 Å². The number of benzene rings is 3. The Kier molecular flexibility index (Phi) is 13.9. The number of nitrogens with two attached hydrogens (primary N) is 1. The second-order valence-electron chi connectivity index (χ2n) is 11.7. The van der Waals surface area contributed by atoms with Gasteiger partial charge in [0.1, 0.15) is 0 Å². The van der Waals surface area contributed by atoms with Gasteiger partial charge in [-0.3, -0.25) is 4.79 Å². The third kappa shape index (κ3) is 9.16. The van der Waals surface area contributed by atoms with Gasteiger partial charge in [-0.2, -0.15) is 0 Å². The van der Waals surface area contributed by atoms with Gasteiger partial charge in [-0.05, 0) is 84.7 Å². The van der Waals surface area contributed by atoms with Crippen LogP contribution in [0.2, 0.25) is 0 Å². The van der Waals surface area contributed by atoms with Crippen LogP contribution in [-0.2, 0) is 39.5 Å². The minimum atomic E-state index is -1.21. The molecule has 3 N–H and O–H groups in total. The maximum absolute atomic E-state index is 13.7. The van der Waals surface area contributed by atoms with Crippen molar-refractivity contribution in [2.24, 2.45) is 5.73 Å². The van der Waals surface area contributed by atoms with Crippen molar-refractivity contribution < 1.29 is 13.8 Å². The second-order valence-corrected chi connectivity index (χ2v) is 13.2. The van der Waals surface area contributed by atoms with Crippen molar-refractivity contribution in [3.05, 3.63) is 124 Å². The third-order valence-corrected chi connectivity index (χ3v) is 10.1. The first-order chi connectivity index (χ1) is 22.0. The molecule has 2 unspecified atom stereocenters. The van der Waals surface area contributed by atoms with E-state index in [9.17, 15) is 4.79 Å². The summed E-state index contributed by atoms with van der Waals surface area (Å²) in [5.74, 6) is -0.759. The third-order valence-electron chi connectivity index (χ3n) is 8.48. The zero-order valence-electron chi connectivity index (χ0n) is 27.6. The molecule has 0 saturated carbocycles. The van der Waals surface area contributed by atoms with Crippen LogP contribution in [0.4, 0.5) is 0 Å². The van der Waals surface area contributed by atoms with E-state index in [1.54, 1.807) is 0 Å². The molecule has 5 nitrogen and oxygen atoms in total. The first-order valence-corrected chi connectivity index (χ1v) is 17.9. The zero-order valence-corrected chi connectivity index (χ0v) is 28.5. The molecule has 1 amide bonds. The largest absolute Gasteiger partial charge is 0.369 e. The molecule has 4 aromatic rings. The van der Waals surface area contributed by atoms with Crippen molar-refractivity contribution in [3.8, 4) is 0 Å². The average molecular weight is 627 g/mol. The molecule has 0 spiro atoms. The molecule has 0 fully saturated rings. The van der Waals surface area contributed by atoms with Crippen molar-refractivity contribution in [3.63, 3.8) is 0 Å². The number of rotatable bonds is 19. The van der Waals surface area contributed by atoms with Crippen LogP contribution in [0.25, 0.3) is 0 Å². The molecular formula is C39H51N2O3P. The van der Waals surface area contributed by atoms with Gasteiger partial charge in [0.15, 0.2) is 0 Å². The van der Waals surface area contributed by atoms with E-state index in [0.717, 1.165) is 67.1 Å². The van der Waals surface area contributed by atoms with Crippen molar-refractivity contribution in [2.45, 2.75) is 90.9 Å². The predicted octanol–water partition coefficient (Wildman–Crippen LogP) is 8.90. The Morgan fingerprint density at radius 2 is 1.40 bits per heavy atom. The Bertz CT molecular complexity index is 1450. The standard InChI is InChI=1S/C39H51N2O3P/c1-5-26-43-45(44-27-6-2)36-25-16-15-23-31(36)28-33-34(7-3)41-35(8-4)37(33)38(39(40)42)32(30-21-13-10-14-22-30)24-17-20-29-18-11-9-12-19-29/h9-16,18-19,21-23,25,32,38,41H,5-8,17,20,24,26-28H2,1-4H3,(H2,40,42). The van der Waals surface area contributed by atoms with Crippen LogP contribution in [-0.4, -0.2) is 24.1 Å². The zero-order chi connectivity index (χ0) is 32.0.